The van der Waals surface area contributed by atoms with Crippen LogP contribution in [0.2, 0.25) is 0 Å². The summed E-state index contributed by atoms with van der Waals surface area (Å²) in [5.41, 5.74) is 6.23. The van der Waals surface area contributed by atoms with E-state index in [9.17, 15) is 0 Å². The molecule has 0 bridgehead atoms. The maximum atomic E-state index is 5.58. The highest BCUT2D eigenvalue weighted by molar-refractivity contribution is 4.87. The number of hydrogen-bond acceptors (Lipinski definition) is 2. The summed E-state index contributed by atoms with van der Waals surface area (Å²) in [5.74, 6) is 0.810. The molecule has 0 aromatic heterocycles. The minimum atomic E-state index is 0.642. The molecule has 0 saturated carbocycles. The van der Waals surface area contributed by atoms with E-state index in [4.69, 9.17) is 5.73 Å². The zero-order valence-corrected chi connectivity index (χ0v) is 12.2. The molecule has 0 aliphatic carbocycles. The van der Waals surface area contributed by atoms with Gasteiger partial charge in [-0.25, -0.2) is 0 Å². The quantitative estimate of drug-likeness (QED) is 0.705. The molecule has 1 aliphatic rings. The summed E-state index contributed by atoms with van der Waals surface area (Å²) >= 11 is 0. The van der Waals surface area contributed by atoms with Crippen molar-refractivity contribution in [3.8, 4) is 0 Å². The first-order valence-electron chi connectivity index (χ1n) is 7.58. The van der Waals surface area contributed by atoms with Crippen molar-refractivity contribution >= 4 is 0 Å². The van der Waals surface area contributed by atoms with Gasteiger partial charge in [-0.3, -0.25) is 0 Å². The lowest BCUT2D eigenvalue weighted by molar-refractivity contribution is 0.235. The summed E-state index contributed by atoms with van der Waals surface area (Å²) in [6.45, 7) is 11.9. The highest BCUT2D eigenvalue weighted by atomic mass is 15.2. The lowest BCUT2D eigenvalue weighted by Crippen LogP contribution is -2.27. The van der Waals surface area contributed by atoms with Crippen LogP contribution in [0.3, 0.4) is 0 Å². The average molecular weight is 240 g/mol. The van der Waals surface area contributed by atoms with E-state index >= 15 is 0 Å². The summed E-state index contributed by atoms with van der Waals surface area (Å²) in [6, 6.07) is 0. The SMILES string of the molecule is CCC1(CC)CCN(CCCC(C)CCN)C1. The predicted molar refractivity (Wildman–Crippen MR) is 76.1 cm³/mol. The van der Waals surface area contributed by atoms with E-state index in [0.29, 0.717) is 5.41 Å². The molecule has 0 spiro atoms. The largest absolute Gasteiger partial charge is 0.330 e. The van der Waals surface area contributed by atoms with Crippen LogP contribution in [-0.2, 0) is 0 Å². The lowest BCUT2D eigenvalue weighted by Gasteiger charge is -2.26. The van der Waals surface area contributed by atoms with Crippen molar-refractivity contribution in [1.82, 2.24) is 4.90 Å². The second kappa shape index (κ2) is 7.38. The van der Waals surface area contributed by atoms with Crippen LogP contribution >= 0.6 is 0 Å². The van der Waals surface area contributed by atoms with Gasteiger partial charge in [0.15, 0.2) is 0 Å². The Hall–Kier alpha value is -0.0800. The van der Waals surface area contributed by atoms with Gasteiger partial charge in [-0.05, 0) is 69.5 Å². The number of rotatable bonds is 8. The average Bonchev–Trinajstić information content (AvgIpc) is 2.74. The first-order chi connectivity index (χ1) is 8.15. The molecule has 1 heterocycles. The van der Waals surface area contributed by atoms with Crippen molar-refractivity contribution in [3.63, 3.8) is 0 Å². The van der Waals surface area contributed by atoms with E-state index in [1.807, 2.05) is 0 Å². The van der Waals surface area contributed by atoms with Crippen LogP contribution in [0.1, 0.15) is 59.3 Å². The third kappa shape index (κ3) is 4.59. The predicted octanol–water partition coefficient (Wildman–Crippen LogP) is 3.26. The number of hydrogen-bond donors (Lipinski definition) is 1. The first-order valence-corrected chi connectivity index (χ1v) is 7.58. The Balaban J connectivity index is 2.18. The molecular weight excluding hydrogens is 208 g/mol. The Kier molecular flexibility index (Phi) is 6.50. The van der Waals surface area contributed by atoms with Crippen molar-refractivity contribution < 1.29 is 0 Å². The molecule has 0 radical (unpaired) electrons. The van der Waals surface area contributed by atoms with Crippen LogP contribution in [0.25, 0.3) is 0 Å². The van der Waals surface area contributed by atoms with E-state index in [1.54, 1.807) is 0 Å². The Bertz CT molecular complexity index is 199. The Morgan fingerprint density at radius 3 is 2.47 bits per heavy atom. The van der Waals surface area contributed by atoms with Gasteiger partial charge in [-0.15, -0.1) is 0 Å². The third-order valence-corrected chi connectivity index (χ3v) is 4.85. The van der Waals surface area contributed by atoms with E-state index < -0.39 is 0 Å². The normalized spacial score (nSPS) is 21.9. The molecule has 17 heavy (non-hydrogen) atoms. The third-order valence-electron chi connectivity index (χ3n) is 4.85. The lowest BCUT2D eigenvalue weighted by atomic mass is 9.82. The highest BCUT2D eigenvalue weighted by Gasteiger charge is 2.34. The molecule has 1 fully saturated rings. The maximum Gasteiger partial charge on any atom is 0.00382 e. The molecule has 1 rings (SSSR count). The fourth-order valence-electron chi connectivity index (χ4n) is 3.14. The highest BCUT2D eigenvalue weighted by Crippen LogP contribution is 2.36. The number of likely N-dealkylation sites (tertiary alicyclic amines) is 1. The van der Waals surface area contributed by atoms with Gasteiger partial charge in [0.25, 0.3) is 0 Å². The molecule has 2 N–H and O–H groups in total. The van der Waals surface area contributed by atoms with Gasteiger partial charge in [0.2, 0.25) is 0 Å². The summed E-state index contributed by atoms with van der Waals surface area (Å²) in [6.07, 6.45) is 8.00. The Labute approximate surface area is 108 Å². The van der Waals surface area contributed by atoms with Gasteiger partial charge in [0.1, 0.15) is 0 Å². The van der Waals surface area contributed by atoms with Crippen molar-refractivity contribution in [2.75, 3.05) is 26.2 Å². The monoisotopic (exact) mass is 240 g/mol. The van der Waals surface area contributed by atoms with Gasteiger partial charge in [0, 0.05) is 6.54 Å². The summed E-state index contributed by atoms with van der Waals surface area (Å²) < 4.78 is 0. The molecule has 0 amide bonds. The maximum absolute atomic E-state index is 5.58. The van der Waals surface area contributed by atoms with Crippen LogP contribution in [-0.4, -0.2) is 31.1 Å². The van der Waals surface area contributed by atoms with Crippen LogP contribution < -0.4 is 5.73 Å². The molecule has 2 heteroatoms. The van der Waals surface area contributed by atoms with Crippen molar-refractivity contribution in [2.45, 2.75) is 59.3 Å². The summed E-state index contributed by atoms with van der Waals surface area (Å²) in [5, 5.41) is 0. The molecule has 0 aromatic carbocycles. The standard InChI is InChI=1S/C15H32N2/c1-4-15(5-2)9-12-17(13-15)11-6-7-14(3)8-10-16/h14H,4-13,16H2,1-3H3. The zero-order chi connectivity index (χ0) is 12.7. The molecule has 1 saturated heterocycles. The Morgan fingerprint density at radius 2 is 1.94 bits per heavy atom. The second-order valence-electron chi connectivity index (χ2n) is 6.06. The number of nitrogens with two attached hydrogens (primary N) is 1. The number of nitrogens with zero attached hydrogens (tertiary/aromatic N) is 1. The first kappa shape index (κ1) is 15.0. The van der Waals surface area contributed by atoms with Crippen LogP contribution in [0.5, 0.6) is 0 Å². The molecule has 0 aromatic rings. The van der Waals surface area contributed by atoms with Crippen LogP contribution in [0.15, 0.2) is 0 Å². The fraction of sp³-hybridized carbons (Fsp3) is 1.00. The molecule has 1 atom stereocenters. The van der Waals surface area contributed by atoms with E-state index in [0.717, 1.165) is 12.5 Å². The minimum absolute atomic E-state index is 0.642. The van der Waals surface area contributed by atoms with E-state index in [-0.39, 0.29) is 0 Å². The van der Waals surface area contributed by atoms with E-state index in [1.165, 1.54) is 58.2 Å². The Morgan fingerprint density at radius 1 is 1.24 bits per heavy atom. The summed E-state index contributed by atoms with van der Waals surface area (Å²) in [7, 11) is 0. The van der Waals surface area contributed by atoms with Gasteiger partial charge < -0.3 is 10.6 Å². The van der Waals surface area contributed by atoms with Gasteiger partial charge >= 0.3 is 0 Å². The molecule has 2 nitrogen and oxygen atoms in total. The topological polar surface area (TPSA) is 29.3 Å². The fourth-order valence-corrected chi connectivity index (χ4v) is 3.14. The van der Waals surface area contributed by atoms with Crippen molar-refractivity contribution in [3.05, 3.63) is 0 Å². The minimum Gasteiger partial charge on any atom is -0.330 e. The van der Waals surface area contributed by atoms with E-state index in [2.05, 4.69) is 25.7 Å². The van der Waals surface area contributed by atoms with Gasteiger partial charge in [-0.2, -0.15) is 0 Å². The van der Waals surface area contributed by atoms with Gasteiger partial charge in [-0.1, -0.05) is 20.8 Å². The smallest absolute Gasteiger partial charge is 0.00382 e. The van der Waals surface area contributed by atoms with Crippen molar-refractivity contribution in [1.29, 1.82) is 0 Å². The molecule has 1 unspecified atom stereocenters. The van der Waals surface area contributed by atoms with Crippen LogP contribution in [0, 0.1) is 11.3 Å². The molecule has 1 aliphatic heterocycles. The van der Waals surface area contributed by atoms with Crippen molar-refractivity contribution in [2.24, 2.45) is 17.1 Å². The molecular formula is C15H32N2. The molecule has 102 valence electrons. The van der Waals surface area contributed by atoms with Gasteiger partial charge in [0.05, 0.1) is 0 Å². The van der Waals surface area contributed by atoms with Crippen LogP contribution in [0.4, 0.5) is 0 Å². The summed E-state index contributed by atoms with van der Waals surface area (Å²) in [4.78, 5) is 2.68. The zero-order valence-electron chi connectivity index (χ0n) is 12.2. The second-order valence-corrected chi connectivity index (χ2v) is 6.06.